The van der Waals surface area contributed by atoms with Crippen LogP contribution in [-0.2, 0) is 14.8 Å². The first-order valence-electron chi connectivity index (χ1n) is 6.77. The lowest BCUT2D eigenvalue weighted by atomic mass is 10.2. The van der Waals surface area contributed by atoms with Crippen LogP contribution in [0.15, 0.2) is 29.2 Å². The van der Waals surface area contributed by atoms with Gasteiger partial charge in [-0.1, -0.05) is 12.1 Å². The molecule has 2 unspecified atom stereocenters. The van der Waals surface area contributed by atoms with Gasteiger partial charge in [0.15, 0.2) is 0 Å². The van der Waals surface area contributed by atoms with Crippen molar-refractivity contribution >= 4 is 15.7 Å². The van der Waals surface area contributed by atoms with Gasteiger partial charge in [-0.2, -0.15) is 0 Å². The van der Waals surface area contributed by atoms with Crippen LogP contribution < -0.4 is 5.32 Å². The first-order valence-corrected chi connectivity index (χ1v) is 8.21. The largest absolute Gasteiger partial charge is 0.379 e. The zero-order valence-electron chi connectivity index (χ0n) is 12.2. The molecule has 0 amide bonds. The zero-order chi connectivity index (χ0) is 14.8. The highest BCUT2D eigenvalue weighted by Crippen LogP contribution is 2.29. The highest BCUT2D eigenvalue weighted by atomic mass is 32.2. The number of benzene rings is 1. The van der Waals surface area contributed by atoms with Crippen LogP contribution in [0, 0.1) is 0 Å². The Morgan fingerprint density at radius 3 is 2.60 bits per heavy atom. The summed E-state index contributed by atoms with van der Waals surface area (Å²) in [5.74, 6) is 0. The van der Waals surface area contributed by atoms with Crippen LogP contribution >= 0.6 is 0 Å². The van der Waals surface area contributed by atoms with Gasteiger partial charge in [0.25, 0.3) is 0 Å². The minimum absolute atomic E-state index is 0.144. The number of anilines is 1. The van der Waals surface area contributed by atoms with Gasteiger partial charge < -0.3 is 10.1 Å². The summed E-state index contributed by atoms with van der Waals surface area (Å²) in [4.78, 5) is 0.312. The quantitative estimate of drug-likeness (QED) is 0.902. The van der Waals surface area contributed by atoms with Crippen LogP contribution in [-0.4, -0.2) is 46.1 Å². The molecule has 1 saturated carbocycles. The second-order valence-electron chi connectivity index (χ2n) is 5.24. The van der Waals surface area contributed by atoms with Crippen LogP contribution in [0.25, 0.3) is 0 Å². The number of nitrogens with zero attached hydrogens (tertiary/aromatic N) is 1. The van der Waals surface area contributed by atoms with Gasteiger partial charge in [-0.05, 0) is 31.4 Å². The van der Waals surface area contributed by atoms with E-state index in [1.807, 2.05) is 6.07 Å². The van der Waals surface area contributed by atoms with E-state index in [4.69, 9.17) is 4.74 Å². The molecule has 1 aliphatic rings. The van der Waals surface area contributed by atoms with Gasteiger partial charge in [0, 0.05) is 21.2 Å². The van der Waals surface area contributed by atoms with Crippen molar-refractivity contribution in [2.75, 3.05) is 26.5 Å². The van der Waals surface area contributed by atoms with Crippen molar-refractivity contribution in [3.8, 4) is 0 Å². The highest BCUT2D eigenvalue weighted by molar-refractivity contribution is 7.89. The Morgan fingerprint density at radius 2 is 1.95 bits per heavy atom. The van der Waals surface area contributed by atoms with E-state index in [-0.39, 0.29) is 12.1 Å². The van der Waals surface area contributed by atoms with Crippen molar-refractivity contribution in [3.63, 3.8) is 0 Å². The molecule has 0 spiro atoms. The maximum absolute atomic E-state index is 12.3. The van der Waals surface area contributed by atoms with Crippen LogP contribution in [0.5, 0.6) is 0 Å². The zero-order valence-corrected chi connectivity index (χ0v) is 13.0. The molecule has 1 aromatic rings. The van der Waals surface area contributed by atoms with Gasteiger partial charge in [0.1, 0.15) is 4.90 Å². The normalized spacial score (nSPS) is 23.2. The van der Waals surface area contributed by atoms with Crippen molar-refractivity contribution in [2.45, 2.75) is 36.3 Å². The standard InChI is InChI=1S/C14H22N2O3S/c1-16(2)20(17,18)14-10-5-4-7-12(14)15-11-8-6-9-13(11)19-3/h4-5,7,10-11,13,15H,6,8-9H2,1-3H3. The van der Waals surface area contributed by atoms with Gasteiger partial charge in [0.2, 0.25) is 10.0 Å². The summed E-state index contributed by atoms with van der Waals surface area (Å²) in [6.07, 6.45) is 3.25. The Labute approximate surface area is 121 Å². The number of ether oxygens (including phenoxy) is 1. The van der Waals surface area contributed by atoms with Crippen molar-refractivity contribution in [3.05, 3.63) is 24.3 Å². The SMILES string of the molecule is COC1CCCC1Nc1ccccc1S(=O)(=O)N(C)C. The van der Waals surface area contributed by atoms with Gasteiger partial charge in [-0.25, -0.2) is 12.7 Å². The molecule has 6 heteroatoms. The Balaban J connectivity index is 2.29. The van der Waals surface area contributed by atoms with E-state index in [1.165, 1.54) is 4.31 Å². The molecule has 0 bridgehead atoms. The summed E-state index contributed by atoms with van der Waals surface area (Å²) >= 11 is 0. The smallest absolute Gasteiger partial charge is 0.244 e. The third-order valence-electron chi connectivity index (χ3n) is 3.74. The first kappa shape index (κ1) is 15.3. The molecule has 0 aromatic heterocycles. The van der Waals surface area contributed by atoms with Crippen molar-refractivity contribution in [1.29, 1.82) is 0 Å². The van der Waals surface area contributed by atoms with E-state index in [0.29, 0.717) is 10.6 Å². The fourth-order valence-corrected chi connectivity index (χ4v) is 3.63. The lowest BCUT2D eigenvalue weighted by Gasteiger charge is -2.23. The maximum atomic E-state index is 12.3. The molecule has 1 aromatic carbocycles. The van der Waals surface area contributed by atoms with Gasteiger partial charge in [0.05, 0.1) is 17.8 Å². The van der Waals surface area contributed by atoms with Crippen LogP contribution in [0.3, 0.4) is 0 Å². The topological polar surface area (TPSA) is 58.6 Å². The molecule has 2 rings (SSSR count). The third kappa shape index (κ3) is 2.97. The molecule has 1 fully saturated rings. The average molecular weight is 298 g/mol. The average Bonchev–Trinajstić information content (AvgIpc) is 2.86. The molecule has 5 nitrogen and oxygen atoms in total. The number of hydrogen-bond donors (Lipinski definition) is 1. The van der Waals surface area contributed by atoms with Crippen molar-refractivity contribution < 1.29 is 13.2 Å². The van der Waals surface area contributed by atoms with Gasteiger partial charge >= 0.3 is 0 Å². The molecule has 0 heterocycles. The van der Waals surface area contributed by atoms with E-state index in [9.17, 15) is 8.42 Å². The second kappa shape index (κ2) is 6.11. The number of rotatable bonds is 5. The molecule has 0 aliphatic heterocycles. The first-order chi connectivity index (χ1) is 9.46. The number of nitrogens with one attached hydrogen (secondary N) is 1. The van der Waals surface area contributed by atoms with Crippen LogP contribution in [0.1, 0.15) is 19.3 Å². The van der Waals surface area contributed by atoms with Crippen molar-refractivity contribution in [2.24, 2.45) is 0 Å². The fourth-order valence-electron chi connectivity index (χ4n) is 2.58. The molecular formula is C14H22N2O3S. The van der Waals surface area contributed by atoms with E-state index in [1.54, 1.807) is 39.4 Å². The number of hydrogen-bond acceptors (Lipinski definition) is 4. The van der Waals surface area contributed by atoms with Crippen LogP contribution in [0.2, 0.25) is 0 Å². The summed E-state index contributed by atoms with van der Waals surface area (Å²) in [7, 11) is 1.34. The lowest BCUT2D eigenvalue weighted by molar-refractivity contribution is 0.101. The molecule has 0 radical (unpaired) electrons. The fraction of sp³-hybridized carbons (Fsp3) is 0.571. The molecule has 2 atom stereocenters. The number of sulfonamides is 1. The molecule has 1 aliphatic carbocycles. The van der Waals surface area contributed by atoms with Crippen molar-refractivity contribution in [1.82, 2.24) is 4.31 Å². The van der Waals surface area contributed by atoms with E-state index >= 15 is 0 Å². The van der Waals surface area contributed by atoms with Crippen LogP contribution in [0.4, 0.5) is 5.69 Å². The monoisotopic (exact) mass is 298 g/mol. The predicted octanol–water partition coefficient (Wildman–Crippen LogP) is 1.92. The van der Waals surface area contributed by atoms with E-state index < -0.39 is 10.0 Å². The summed E-state index contributed by atoms with van der Waals surface area (Å²) in [6.45, 7) is 0. The minimum atomic E-state index is -3.44. The second-order valence-corrected chi connectivity index (χ2v) is 7.36. The summed E-state index contributed by atoms with van der Waals surface area (Å²) in [5.41, 5.74) is 0.648. The Hall–Kier alpha value is -1.11. The Kier molecular flexibility index (Phi) is 4.67. The molecule has 112 valence electrons. The third-order valence-corrected chi connectivity index (χ3v) is 5.62. The molecular weight excluding hydrogens is 276 g/mol. The van der Waals surface area contributed by atoms with E-state index in [2.05, 4.69) is 5.32 Å². The minimum Gasteiger partial charge on any atom is -0.379 e. The lowest BCUT2D eigenvalue weighted by Crippen LogP contribution is -2.31. The summed E-state index contributed by atoms with van der Waals surface area (Å²) in [5, 5.41) is 3.34. The highest BCUT2D eigenvalue weighted by Gasteiger charge is 2.29. The van der Waals surface area contributed by atoms with E-state index in [0.717, 1.165) is 19.3 Å². The molecule has 1 N–H and O–H groups in total. The summed E-state index contributed by atoms with van der Waals surface area (Å²) in [6, 6.07) is 7.19. The van der Waals surface area contributed by atoms with Gasteiger partial charge in [-0.3, -0.25) is 0 Å². The number of methoxy groups -OCH3 is 1. The molecule has 0 saturated heterocycles. The van der Waals surface area contributed by atoms with Gasteiger partial charge in [-0.15, -0.1) is 0 Å². The molecule has 20 heavy (non-hydrogen) atoms. The Morgan fingerprint density at radius 1 is 1.25 bits per heavy atom. The maximum Gasteiger partial charge on any atom is 0.244 e. The Bertz CT molecular complexity index is 557. The number of para-hydroxylation sites is 1. The summed E-state index contributed by atoms with van der Waals surface area (Å²) < 4.78 is 31.3. The predicted molar refractivity (Wildman–Crippen MR) is 79.4 cm³/mol.